The number of rotatable bonds is 6. The molecule has 0 unspecified atom stereocenters. The Labute approximate surface area is 166 Å². The number of nitrogens with one attached hydrogen (secondary N) is 2. The van der Waals surface area contributed by atoms with Crippen molar-refractivity contribution in [1.29, 1.82) is 0 Å². The summed E-state index contributed by atoms with van der Waals surface area (Å²) >= 11 is 12.3. The lowest BCUT2D eigenvalue weighted by molar-refractivity contribution is -0.119. The summed E-state index contributed by atoms with van der Waals surface area (Å²) in [6.07, 6.45) is 1.08. The minimum absolute atomic E-state index is 0.103. The number of hydrogen-bond acceptors (Lipinski definition) is 5. The molecule has 0 heterocycles. The van der Waals surface area contributed by atoms with Crippen LogP contribution in [-0.2, 0) is 19.4 Å². The molecule has 0 aliphatic rings. The van der Waals surface area contributed by atoms with Crippen LogP contribution in [0.5, 0.6) is 0 Å². The van der Waals surface area contributed by atoms with Gasteiger partial charge in [-0.3, -0.25) is 9.59 Å². The Balaban J connectivity index is 2.19. The number of carbonyl (C=O) groups excluding carboxylic acids is 2. The molecule has 0 aliphatic carbocycles. The van der Waals surface area contributed by atoms with Gasteiger partial charge in [-0.2, -0.15) is 0 Å². The number of amides is 2. The summed E-state index contributed by atoms with van der Waals surface area (Å²) in [6.45, 7) is -0.128. The van der Waals surface area contributed by atoms with Crippen molar-refractivity contribution in [1.82, 2.24) is 0 Å². The monoisotopic (exact) mass is 430 g/mol. The van der Waals surface area contributed by atoms with Gasteiger partial charge in [0.1, 0.15) is 6.61 Å². The molecule has 0 saturated carbocycles. The van der Waals surface area contributed by atoms with Crippen molar-refractivity contribution in [2.45, 2.75) is 4.90 Å². The molecule has 0 radical (unpaired) electrons. The molecular weight excluding hydrogens is 415 g/mol. The smallest absolute Gasteiger partial charge is 0.255 e. The van der Waals surface area contributed by atoms with Crippen LogP contribution in [-0.4, -0.2) is 40.2 Å². The molecule has 2 amide bonds. The zero-order chi connectivity index (χ0) is 20.2. The first kappa shape index (κ1) is 21.2. The molecular formula is C17H16Cl2N2O5S. The van der Waals surface area contributed by atoms with Crippen molar-refractivity contribution in [2.24, 2.45) is 0 Å². The Kier molecular flexibility index (Phi) is 6.83. The molecule has 2 N–H and O–H groups in total. The first-order valence-electron chi connectivity index (χ1n) is 7.51. The average Bonchev–Trinajstić information content (AvgIpc) is 2.57. The molecule has 0 spiro atoms. The normalized spacial score (nSPS) is 11.1. The van der Waals surface area contributed by atoms with E-state index in [4.69, 9.17) is 27.9 Å². The van der Waals surface area contributed by atoms with E-state index >= 15 is 0 Å². The Morgan fingerprint density at radius 2 is 1.59 bits per heavy atom. The summed E-state index contributed by atoms with van der Waals surface area (Å²) in [6, 6.07) is 8.30. The Hall–Kier alpha value is -2.13. The second-order valence-corrected chi connectivity index (χ2v) is 8.38. The fraction of sp³-hybridized carbons (Fsp3) is 0.176. The predicted molar refractivity (Wildman–Crippen MR) is 104 cm³/mol. The van der Waals surface area contributed by atoms with Gasteiger partial charge in [0, 0.05) is 24.6 Å². The van der Waals surface area contributed by atoms with Crippen LogP contribution in [0, 0.1) is 0 Å². The molecule has 10 heteroatoms. The maximum absolute atomic E-state index is 12.4. The van der Waals surface area contributed by atoms with Crippen LogP contribution < -0.4 is 10.6 Å². The van der Waals surface area contributed by atoms with E-state index in [0.717, 1.165) is 6.26 Å². The number of ether oxygens (including phenoxy) is 1. The molecule has 0 atom stereocenters. The summed E-state index contributed by atoms with van der Waals surface area (Å²) in [5.41, 5.74) is 0.745. The lowest BCUT2D eigenvalue weighted by Gasteiger charge is -2.12. The van der Waals surface area contributed by atoms with Crippen LogP contribution in [0.15, 0.2) is 41.3 Å². The Morgan fingerprint density at radius 1 is 1.04 bits per heavy atom. The highest BCUT2D eigenvalue weighted by molar-refractivity contribution is 7.90. The van der Waals surface area contributed by atoms with Gasteiger partial charge in [-0.15, -0.1) is 0 Å². The highest BCUT2D eigenvalue weighted by Gasteiger charge is 2.15. The Bertz CT molecular complexity index is 952. The number of anilines is 2. The molecule has 0 bridgehead atoms. The molecule has 0 aromatic heterocycles. The van der Waals surface area contributed by atoms with Crippen molar-refractivity contribution in [3.8, 4) is 0 Å². The molecule has 2 rings (SSSR count). The van der Waals surface area contributed by atoms with Crippen molar-refractivity contribution >= 4 is 56.2 Å². The number of carbonyl (C=O) groups is 2. The largest absolute Gasteiger partial charge is 0.375 e. The topological polar surface area (TPSA) is 102 Å². The van der Waals surface area contributed by atoms with E-state index in [2.05, 4.69) is 10.6 Å². The molecule has 2 aromatic rings. The van der Waals surface area contributed by atoms with E-state index in [9.17, 15) is 18.0 Å². The predicted octanol–water partition coefficient (Wildman–Crippen LogP) is 3.23. The molecule has 7 nitrogen and oxygen atoms in total. The summed E-state index contributed by atoms with van der Waals surface area (Å²) < 4.78 is 27.7. The number of halogens is 2. The highest BCUT2D eigenvalue weighted by Crippen LogP contribution is 2.34. The van der Waals surface area contributed by atoms with Gasteiger partial charge in [0.15, 0.2) is 9.84 Å². The molecule has 0 fully saturated rings. The Morgan fingerprint density at radius 3 is 2.07 bits per heavy atom. The third kappa shape index (κ3) is 5.67. The van der Waals surface area contributed by atoms with Gasteiger partial charge in [-0.25, -0.2) is 8.42 Å². The molecule has 0 aliphatic heterocycles. The van der Waals surface area contributed by atoms with E-state index in [1.807, 2.05) is 0 Å². The molecule has 2 aromatic carbocycles. The van der Waals surface area contributed by atoms with Crippen molar-refractivity contribution in [3.63, 3.8) is 0 Å². The zero-order valence-electron chi connectivity index (χ0n) is 14.4. The fourth-order valence-electron chi connectivity index (χ4n) is 2.13. The van der Waals surface area contributed by atoms with Crippen molar-refractivity contribution < 1.29 is 22.7 Å². The lowest BCUT2D eigenvalue weighted by atomic mass is 10.2. The fourth-order valence-corrected chi connectivity index (χ4v) is 3.34. The van der Waals surface area contributed by atoms with Gasteiger partial charge in [0.05, 0.1) is 20.6 Å². The second-order valence-electron chi connectivity index (χ2n) is 5.55. The van der Waals surface area contributed by atoms with Crippen LogP contribution >= 0.6 is 23.2 Å². The first-order valence-corrected chi connectivity index (χ1v) is 10.2. The lowest BCUT2D eigenvalue weighted by Crippen LogP contribution is -2.17. The maximum atomic E-state index is 12.4. The minimum atomic E-state index is -3.35. The molecule has 144 valence electrons. The van der Waals surface area contributed by atoms with Gasteiger partial charge in [-0.1, -0.05) is 23.2 Å². The zero-order valence-corrected chi connectivity index (χ0v) is 16.7. The summed E-state index contributed by atoms with van der Waals surface area (Å²) in [5, 5.41) is 5.37. The highest BCUT2D eigenvalue weighted by atomic mass is 35.5. The maximum Gasteiger partial charge on any atom is 0.255 e. The quantitative estimate of drug-likeness (QED) is 0.732. The van der Waals surface area contributed by atoms with E-state index < -0.39 is 15.7 Å². The van der Waals surface area contributed by atoms with Gasteiger partial charge in [-0.05, 0) is 36.4 Å². The third-order valence-electron chi connectivity index (χ3n) is 3.38. The first-order chi connectivity index (χ1) is 12.6. The van der Waals surface area contributed by atoms with E-state index in [0.29, 0.717) is 5.69 Å². The van der Waals surface area contributed by atoms with Crippen LogP contribution in [0.3, 0.4) is 0 Å². The van der Waals surface area contributed by atoms with Gasteiger partial charge >= 0.3 is 0 Å². The SMILES string of the molecule is COCC(=O)Nc1cc(Cl)c(NC(=O)c2ccc(S(C)(=O)=O)cc2)c(Cl)c1. The number of benzene rings is 2. The summed E-state index contributed by atoms with van der Waals surface area (Å²) in [7, 11) is -1.96. The van der Waals surface area contributed by atoms with Crippen LogP contribution in [0.1, 0.15) is 10.4 Å². The standard InChI is InChI=1S/C17H16Cl2N2O5S/c1-26-9-15(22)20-11-7-13(18)16(14(19)8-11)21-17(23)10-3-5-12(6-4-10)27(2,24)25/h3-8H,9H2,1-2H3,(H,20,22)(H,21,23). The minimum Gasteiger partial charge on any atom is -0.375 e. The van der Waals surface area contributed by atoms with E-state index in [-0.39, 0.29) is 38.7 Å². The van der Waals surface area contributed by atoms with E-state index in [1.54, 1.807) is 0 Å². The summed E-state index contributed by atoms with van der Waals surface area (Å²) in [4.78, 5) is 24.0. The van der Waals surface area contributed by atoms with Gasteiger partial charge in [0.2, 0.25) is 5.91 Å². The van der Waals surface area contributed by atoms with Crippen molar-refractivity contribution in [2.75, 3.05) is 30.6 Å². The second kappa shape index (κ2) is 8.71. The molecule has 0 saturated heterocycles. The van der Waals surface area contributed by atoms with Gasteiger partial charge in [0.25, 0.3) is 5.91 Å². The van der Waals surface area contributed by atoms with Crippen LogP contribution in [0.2, 0.25) is 10.0 Å². The number of methoxy groups -OCH3 is 1. The third-order valence-corrected chi connectivity index (χ3v) is 5.11. The number of hydrogen-bond donors (Lipinski definition) is 2. The van der Waals surface area contributed by atoms with Crippen LogP contribution in [0.25, 0.3) is 0 Å². The molecule has 27 heavy (non-hydrogen) atoms. The summed E-state index contributed by atoms with van der Waals surface area (Å²) in [5.74, 6) is -0.901. The average molecular weight is 431 g/mol. The van der Waals surface area contributed by atoms with E-state index in [1.165, 1.54) is 43.5 Å². The van der Waals surface area contributed by atoms with Crippen molar-refractivity contribution in [3.05, 3.63) is 52.0 Å². The van der Waals surface area contributed by atoms with Crippen LogP contribution in [0.4, 0.5) is 11.4 Å². The number of sulfone groups is 1. The van der Waals surface area contributed by atoms with Gasteiger partial charge < -0.3 is 15.4 Å².